The normalized spacial score (nSPS) is 16.8. The summed E-state index contributed by atoms with van der Waals surface area (Å²) in [5.74, 6) is 1.71. The van der Waals surface area contributed by atoms with E-state index in [0.29, 0.717) is 6.54 Å². The highest BCUT2D eigenvalue weighted by molar-refractivity contribution is 5.39. The van der Waals surface area contributed by atoms with Crippen LogP contribution < -0.4 is 4.74 Å². The Morgan fingerprint density at radius 3 is 2.43 bits per heavy atom. The SMILES string of the molecule is COc1ccccc1[C@H](c1nnnn1Cc1ccccc1)N1CCN(C)CC1. The third-order valence-electron chi connectivity index (χ3n) is 5.32. The van der Waals surface area contributed by atoms with Crippen molar-refractivity contribution in [1.82, 2.24) is 30.0 Å². The van der Waals surface area contributed by atoms with Gasteiger partial charge in [0.2, 0.25) is 0 Å². The van der Waals surface area contributed by atoms with Crippen molar-refractivity contribution in [2.24, 2.45) is 0 Å². The number of piperazine rings is 1. The molecular formula is C21H26N6O. The third kappa shape index (κ3) is 3.90. The Balaban J connectivity index is 1.73. The lowest BCUT2D eigenvalue weighted by atomic mass is 10.0. The molecule has 28 heavy (non-hydrogen) atoms. The summed E-state index contributed by atoms with van der Waals surface area (Å²) in [5, 5.41) is 12.8. The lowest BCUT2D eigenvalue weighted by Gasteiger charge is -2.37. The first-order valence-corrected chi connectivity index (χ1v) is 9.62. The highest BCUT2D eigenvalue weighted by Gasteiger charge is 2.31. The lowest BCUT2D eigenvalue weighted by Crippen LogP contribution is -2.46. The van der Waals surface area contributed by atoms with Crippen LogP contribution in [0.4, 0.5) is 0 Å². The summed E-state index contributed by atoms with van der Waals surface area (Å²) in [5.41, 5.74) is 2.27. The van der Waals surface area contributed by atoms with Gasteiger partial charge in [0.25, 0.3) is 0 Å². The Bertz CT molecular complexity index is 889. The molecule has 0 saturated carbocycles. The molecule has 1 aromatic heterocycles. The Morgan fingerprint density at radius 2 is 1.68 bits per heavy atom. The first-order valence-electron chi connectivity index (χ1n) is 9.62. The van der Waals surface area contributed by atoms with Gasteiger partial charge in [0.05, 0.1) is 13.7 Å². The summed E-state index contributed by atoms with van der Waals surface area (Å²) in [6.45, 7) is 4.59. The van der Waals surface area contributed by atoms with Crippen molar-refractivity contribution in [3.63, 3.8) is 0 Å². The molecule has 1 saturated heterocycles. The molecule has 2 heterocycles. The largest absolute Gasteiger partial charge is 0.496 e. The Labute approximate surface area is 165 Å². The predicted molar refractivity (Wildman–Crippen MR) is 107 cm³/mol. The Morgan fingerprint density at radius 1 is 0.964 bits per heavy atom. The van der Waals surface area contributed by atoms with Gasteiger partial charge in [-0.1, -0.05) is 48.5 Å². The number of likely N-dealkylation sites (N-methyl/N-ethyl adjacent to an activating group) is 1. The maximum atomic E-state index is 5.68. The van der Waals surface area contributed by atoms with Crippen LogP contribution in [-0.2, 0) is 6.54 Å². The van der Waals surface area contributed by atoms with Crippen LogP contribution in [0.3, 0.4) is 0 Å². The molecule has 1 aliphatic heterocycles. The van der Waals surface area contributed by atoms with Crippen molar-refractivity contribution in [2.45, 2.75) is 12.6 Å². The van der Waals surface area contributed by atoms with E-state index in [9.17, 15) is 0 Å². The fourth-order valence-electron chi connectivity index (χ4n) is 3.75. The fraction of sp³-hybridized carbons (Fsp3) is 0.381. The number of benzene rings is 2. The van der Waals surface area contributed by atoms with E-state index >= 15 is 0 Å². The fourth-order valence-corrected chi connectivity index (χ4v) is 3.75. The average Bonchev–Trinajstić information content (AvgIpc) is 3.18. The van der Waals surface area contributed by atoms with Crippen molar-refractivity contribution in [3.8, 4) is 5.75 Å². The highest BCUT2D eigenvalue weighted by Crippen LogP contribution is 2.34. The minimum absolute atomic E-state index is 0.0523. The zero-order chi connectivity index (χ0) is 19.3. The second-order valence-corrected chi connectivity index (χ2v) is 7.16. The maximum absolute atomic E-state index is 5.68. The van der Waals surface area contributed by atoms with E-state index < -0.39 is 0 Å². The first-order chi connectivity index (χ1) is 13.8. The Kier molecular flexibility index (Phi) is 5.64. The summed E-state index contributed by atoms with van der Waals surface area (Å²) >= 11 is 0. The molecule has 146 valence electrons. The van der Waals surface area contributed by atoms with Gasteiger partial charge in [-0.25, -0.2) is 4.68 Å². The number of tetrazole rings is 1. The molecule has 0 unspecified atom stereocenters. The number of rotatable bonds is 6. The zero-order valence-electron chi connectivity index (χ0n) is 16.4. The molecule has 2 aromatic carbocycles. The molecule has 0 radical (unpaired) electrons. The molecule has 1 atom stereocenters. The summed E-state index contributed by atoms with van der Waals surface area (Å²) < 4.78 is 7.59. The van der Waals surface area contributed by atoms with Gasteiger partial charge in [-0.05, 0) is 29.1 Å². The standard InChI is InChI=1S/C21H26N6O/c1-25-12-14-26(15-13-25)20(18-10-6-7-11-19(18)28-2)21-22-23-24-27(21)16-17-8-4-3-5-9-17/h3-11,20H,12-16H2,1-2H3/t20-/m1/s1. The number of methoxy groups -OCH3 is 1. The van der Waals surface area contributed by atoms with Gasteiger partial charge in [-0.15, -0.1) is 5.10 Å². The summed E-state index contributed by atoms with van der Waals surface area (Å²) in [7, 11) is 3.88. The van der Waals surface area contributed by atoms with Gasteiger partial charge >= 0.3 is 0 Å². The van der Waals surface area contributed by atoms with Crippen LogP contribution in [0.5, 0.6) is 5.75 Å². The van der Waals surface area contributed by atoms with Gasteiger partial charge in [0.1, 0.15) is 11.8 Å². The van der Waals surface area contributed by atoms with Crippen molar-refractivity contribution < 1.29 is 4.74 Å². The second-order valence-electron chi connectivity index (χ2n) is 7.16. The van der Waals surface area contributed by atoms with Gasteiger partial charge in [-0.3, -0.25) is 4.90 Å². The van der Waals surface area contributed by atoms with Gasteiger partial charge in [0.15, 0.2) is 5.82 Å². The van der Waals surface area contributed by atoms with Gasteiger partial charge < -0.3 is 9.64 Å². The topological polar surface area (TPSA) is 59.3 Å². The molecule has 7 heteroatoms. The second kappa shape index (κ2) is 8.50. The van der Waals surface area contributed by atoms with E-state index in [-0.39, 0.29) is 6.04 Å². The number of para-hydroxylation sites is 1. The number of nitrogens with zero attached hydrogens (tertiary/aromatic N) is 6. The van der Waals surface area contributed by atoms with E-state index in [0.717, 1.165) is 43.3 Å². The van der Waals surface area contributed by atoms with E-state index in [4.69, 9.17) is 4.74 Å². The van der Waals surface area contributed by atoms with Crippen LogP contribution >= 0.6 is 0 Å². The first kappa shape index (κ1) is 18.6. The zero-order valence-corrected chi connectivity index (χ0v) is 16.4. The Hall–Kier alpha value is -2.77. The molecule has 4 rings (SSSR count). The molecule has 3 aromatic rings. The van der Waals surface area contributed by atoms with Crippen LogP contribution in [0.25, 0.3) is 0 Å². The quantitative estimate of drug-likeness (QED) is 0.654. The van der Waals surface area contributed by atoms with E-state index in [1.807, 2.05) is 41.1 Å². The van der Waals surface area contributed by atoms with E-state index in [1.165, 1.54) is 5.56 Å². The van der Waals surface area contributed by atoms with Crippen molar-refractivity contribution in [1.29, 1.82) is 0 Å². The van der Waals surface area contributed by atoms with Crippen LogP contribution in [-0.4, -0.2) is 70.3 Å². The highest BCUT2D eigenvalue weighted by atomic mass is 16.5. The van der Waals surface area contributed by atoms with Crippen molar-refractivity contribution in [2.75, 3.05) is 40.3 Å². The molecular weight excluding hydrogens is 352 g/mol. The number of hydrogen-bond acceptors (Lipinski definition) is 6. The van der Waals surface area contributed by atoms with Crippen LogP contribution in [0.2, 0.25) is 0 Å². The number of aromatic nitrogens is 4. The molecule has 0 aliphatic carbocycles. The predicted octanol–water partition coefficient (Wildman–Crippen LogP) is 2.07. The molecule has 0 bridgehead atoms. The average molecular weight is 378 g/mol. The number of ether oxygens (including phenoxy) is 1. The van der Waals surface area contributed by atoms with E-state index in [2.05, 4.69) is 50.6 Å². The van der Waals surface area contributed by atoms with Crippen molar-refractivity contribution >= 4 is 0 Å². The molecule has 1 fully saturated rings. The summed E-state index contributed by atoms with van der Waals surface area (Å²) in [6, 6.07) is 18.4. The maximum Gasteiger partial charge on any atom is 0.173 e. The molecule has 0 N–H and O–H groups in total. The molecule has 1 aliphatic rings. The summed E-state index contributed by atoms with van der Waals surface area (Å²) in [6.07, 6.45) is 0. The number of hydrogen-bond donors (Lipinski definition) is 0. The van der Waals surface area contributed by atoms with Crippen LogP contribution in [0.15, 0.2) is 54.6 Å². The van der Waals surface area contributed by atoms with Crippen LogP contribution in [0.1, 0.15) is 23.0 Å². The van der Waals surface area contributed by atoms with Crippen LogP contribution in [0, 0.1) is 0 Å². The smallest absolute Gasteiger partial charge is 0.173 e. The molecule has 0 spiro atoms. The van der Waals surface area contributed by atoms with E-state index in [1.54, 1.807) is 7.11 Å². The monoisotopic (exact) mass is 378 g/mol. The van der Waals surface area contributed by atoms with Gasteiger partial charge in [-0.2, -0.15) is 0 Å². The van der Waals surface area contributed by atoms with Crippen molar-refractivity contribution in [3.05, 3.63) is 71.5 Å². The third-order valence-corrected chi connectivity index (χ3v) is 5.32. The molecule has 7 nitrogen and oxygen atoms in total. The lowest BCUT2D eigenvalue weighted by molar-refractivity contribution is 0.120. The minimum atomic E-state index is -0.0523. The van der Waals surface area contributed by atoms with Gasteiger partial charge in [0, 0.05) is 31.7 Å². The summed E-state index contributed by atoms with van der Waals surface area (Å²) in [4.78, 5) is 4.80. The molecule has 0 amide bonds. The minimum Gasteiger partial charge on any atom is -0.496 e.